The molecule has 0 aliphatic rings. The number of benzene rings is 2. The van der Waals surface area contributed by atoms with Gasteiger partial charge < -0.3 is 5.32 Å². The number of carbonyl (C=O) groups excluding carboxylic acids is 1. The Kier molecular flexibility index (Phi) is 5.40. The molecule has 2 aromatic carbocycles. The molecule has 1 amide bonds. The second-order valence-electron chi connectivity index (χ2n) is 4.88. The van der Waals surface area contributed by atoms with Crippen molar-refractivity contribution in [2.24, 2.45) is 0 Å². The molecule has 5 nitrogen and oxygen atoms in total. The van der Waals surface area contributed by atoms with E-state index < -0.39 is 32.7 Å². The lowest BCUT2D eigenvalue weighted by atomic mass is 10.1. The van der Waals surface area contributed by atoms with E-state index in [-0.39, 0.29) is 16.1 Å². The smallest absolute Gasteiger partial charge is 0.322 e. The topological polar surface area (TPSA) is 75.3 Å². The molecule has 0 heterocycles. The number of alkyl halides is 3. The van der Waals surface area contributed by atoms with Gasteiger partial charge in [0.25, 0.3) is 5.91 Å². The van der Waals surface area contributed by atoms with Crippen LogP contribution < -0.4 is 10.0 Å². The Balaban J connectivity index is 2.23. The van der Waals surface area contributed by atoms with Gasteiger partial charge in [-0.25, -0.2) is 13.1 Å². The van der Waals surface area contributed by atoms with Gasteiger partial charge in [0.1, 0.15) is 0 Å². The van der Waals surface area contributed by atoms with Crippen molar-refractivity contribution in [2.45, 2.75) is 11.1 Å². The fraction of sp³-hybridized carbons (Fsp3) is 0.133. The van der Waals surface area contributed by atoms with E-state index in [1.54, 1.807) is 0 Å². The van der Waals surface area contributed by atoms with Gasteiger partial charge in [-0.1, -0.05) is 11.6 Å². The molecule has 0 saturated carbocycles. The van der Waals surface area contributed by atoms with Gasteiger partial charge in [-0.15, -0.1) is 0 Å². The van der Waals surface area contributed by atoms with Gasteiger partial charge in [0, 0.05) is 11.3 Å². The van der Waals surface area contributed by atoms with Crippen LogP contribution in [0.1, 0.15) is 15.9 Å². The summed E-state index contributed by atoms with van der Waals surface area (Å²) in [6, 6.07) is 7.91. The summed E-state index contributed by atoms with van der Waals surface area (Å²) in [4.78, 5) is 12.1. The molecule has 0 spiro atoms. The summed E-state index contributed by atoms with van der Waals surface area (Å²) in [5, 5.41) is 1.83. The first-order valence-corrected chi connectivity index (χ1v) is 8.62. The number of amides is 1. The van der Waals surface area contributed by atoms with Crippen molar-refractivity contribution in [1.82, 2.24) is 4.72 Å². The maximum Gasteiger partial charge on any atom is 0.417 e. The highest BCUT2D eigenvalue weighted by Crippen LogP contribution is 2.36. The standard InChI is InChI=1S/C15H12ClF3N2O3S/c1-20-25(23,24)11-5-2-9(3-6-11)14(22)21-10-4-7-13(16)12(8-10)15(17,18)19/h2-8,20H,1H3,(H,21,22). The molecule has 25 heavy (non-hydrogen) atoms. The second kappa shape index (κ2) is 7.03. The summed E-state index contributed by atoms with van der Waals surface area (Å²) >= 11 is 5.51. The summed E-state index contributed by atoms with van der Waals surface area (Å²) in [6.07, 6.45) is -4.65. The molecule has 0 aliphatic carbocycles. The first-order chi connectivity index (χ1) is 11.5. The molecular formula is C15H12ClF3N2O3S. The highest BCUT2D eigenvalue weighted by atomic mass is 35.5. The van der Waals surface area contributed by atoms with E-state index in [0.29, 0.717) is 0 Å². The summed E-state index contributed by atoms with van der Waals surface area (Å²) < 4.78 is 63.8. The zero-order valence-corrected chi connectivity index (χ0v) is 14.3. The Morgan fingerprint density at radius 2 is 1.68 bits per heavy atom. The van der Waals surface area contributed by atoms with Crippen molar-refractivity contribution in [3.63, 3.8) is 0 Å². The Bertz CT molecular complexity index is 897. The average Bonchev–Trinajstić information content (AvgIpc) is 2.55. The van der Waals surface area contributed by atoms with E-state index in [1.165, 1.54) is 37.4 Å². The van der Waals surface area contributed by atoms with E-state index in [1.807, 2.05) is 0 Å². The Morgan fingerprint density at radius 3 is 2.20 bits per heavy atom. The summed E-state index contributed by atoms with van der Waals surface area (Å²) in [6.45, 7) is 0. The van der Waals surface area contributed by atoms with Crippen molar-refractivity contribution in [3.05, 3.63) is 58.6 Å². The number of anilines is 1. The van der Waals surface area contributed by atoms with Crippen molar-refractivity contribution in [1.29, 1.82) is 0 Å². The van der Waals surface area contributed by atoms with Gasteiger partial charge in [-0.3, -0.25) is 4.79 Å². The zero-order chi connectivity index (χ0) is 18.8. The summed E-state index contributed by atoms with van der Waals surface area (Å²) in [7, 11) is -2.40. The third-order valence-corrected chi connectivity index (χ3v) is 4.98. The van der Waals surface area contributed by atoms with Gasteiger partial charge in [0.2, 0.25) is 10.0 Å². The fourth-order valence-corrected chi connectivity index (χ4v) is 2.88. The van der Waals surface area contributed by atoms with E-state index in [9.17, 15) is 26.4 Å². The molecule has 0 saturated heterocycles. The molecule has 0 atom stereocenters. The molecule has 0 bridgehead atoms. The van der Waals surface area contributed by atoms with Crippen LogP contribution in [-0.4, -0.2) is 21.4 Å². The molecule has 0 aromatic heterocycles. The van der Waals surface area contributed by atoms with Crippen molar-refractivity contribution in [3.8, 4) is 0 Å². The monoisotopic (exact) mass is 392 g/mol. The number of sulfonamides is 1. The molecular weight excluding hydrogens is 381 g/mol. The van der Waals surface area contributed by atoms with Gasteiger partial charge >= 0.3 is 6.18 Å². The lowest BCUT2D eigenvalue weighted by Crippen LogP contribution is -2.19. The van der Waals surface area contributed by atoms with E-state index in [0.717, 1.165) is 12.1 Å². The van der Waals surface area contributed by atoms with Crippen molar-refractivity contribution in [2.75, 3.05) is 12.4 Å². The summed E-state index contributed by atoms with van der Waals surface area (Å²) in [5.74, 6) is -0.691. The molecule has 2 rings (SSSR count). The SMILES string of the molecule is CNS(=O)(=O)c1ccc(C(=O)Nc2ccc(Cl)c(C(F)(F)F)c2)cc1. The van der Waals surface area contributed by atoms with Crippen LogP contribution in [-0.2, 0) is 16.2 Å². The Hall–Kier alpha value is -2.10. The minimum absolute atomic E-state index is 0.0441. The predicted octanol–water partition coefficient (Wildman–Crippen LogP) is 3.52. The minimum atomic E-state index is -4.65. The second-order valence-corrected chi connectivity index (χ2v) is 7.17. The number of carbonyl (C=O) groups is 1. The average molecular weight is 393 g/mol. The van der Waals surface area contributed by atoms with Crippen molar-refractivity contribution >= 4 is 33.2 Å². The predicted molar refractivity (Wildman–Crippen MR) is 87.1 cm³/mol. The Morgan fingerprint density at radius 1 is 1.08 bits per heavy atom. The Labute approximate surface area is 146 Å². The first kappa shape index (κ1) is 19.2. The molecule has 0 radical (unpaired) electrons. The third-order valence-electron chi connectivity index (χ3n) is 3.23. The fourth-order valence-electron chi connectivity index (χ4n) is 1.93. The first-order valence-electron chi connectivity index (χ1n) is 6.76. The van der Waals surface area contributed by atoms with Crippen LogP contribution in [0.2, 0.25) is 5.02 Å². The van der Waals surface area contributed by atoms with E-state index >= 15 is 0 Å². The highest BCUT2D eigenvalue weighted by Gasteiger charge is 2.33. The zero-order valence-electron chi connectivity index (χ0n) is 12.7. The number of rotatable bonds is 4. The molecule has 0 unspecified atom stereocenters. The molecule has 0 aliphatic heterocycles. The number of halogens is 4. The highest BCUT2D eigenvalue weighted by molar-refractivity contribution is 7.89. The van der Waals surface area contributed by atoms with Crippen LogP contribution >= 0.6 is 11.6 Å². The van der Waals surface area contributed by atoms with Gasteiger partial charge in [-0.2, -0.15) is 13.2 Å². The molecule has 134 valence electrons. The van der Waals surface area contributed by atoms with Crippen LogP contribution in [0.3, 0.4) is 0 Å². The minimum Gasteiger partial charge on any atom is -0.322 e. The number of hydrogen-bond acceptors (Lipinski definition) is 3. The van der Waals surface area contributed by atoms with Gasteiger partial charge in [0.15, 0.2) is 0 Å². The molecule has 10 heteroatoms. The maximum absolute atomic E-state index is 12.8. The lowest BCUT2D eigenvalue weighted by Gasteiger charge is -2.12. The van der Waals surface area contributed by atoms with Gasteiger partial charge in [0.05, 0.1) is 15.5 Å². The largest absolute Gasteiger partial charge is 0.417 e. The maximum atomic E-state index is 12.8. The van der Waals surface area contributed by atoms with Crippen LogP contribution in [0, 0.1) is 0 Å². The number of hydrogen-bond donors (Lipinski definition) is 2. The van der Waals surface area contributed by atoms with E-state index in [2.05, 4.69) is 10.0 Å². The summed E-state index contributed by atoms with van der Waals surface area (Å²) in [5.41, 5.74) is -1.07. The van der Waals surface area contributed by atoms with Crippen LogP contribution in [0.15, 0.2) is 47.4 Å². The normalized spacial score (nSPS) is 12.0. The molecule has 2 N–H and O–H groups in total. The molecule has 0 fully saturated rings. The van der Waals surface area contributed by atoms with Crippen LogP contribution in [0.4, 0.5) is 18.9 Å². The van der Waals surface area contributed by atoms with Crippen molar-refractivity contribution < 1.29 is 26.4 Å². The van der Waals surface area contributed by atoms with E-state index in [4.69, 9.17) is 11.6 Å². The van der Waals surface area contributed by atoms with Crippen LogP contribution in [0.25, 0.3) is 0 Å². The van der Waals surface area contributed by atoms with Crippen LogP contribution in [0.5, 0.6) is 0 Å². The van der Waals surface area contributed by atoms with Gasteiger partial charge in [-0.05, 0) is 49.5 Å². The number of nitrogens with one attached hydrogen (secondary N) is 2. The third kappa shape index (κ3) is 4.50. The molecule has 2 aromatic rings. The quantitative estimate of drug-likeness (QED) is 0.836. The lowest BCUT2D eigenvalue weighted by molar-refractivity contribution is -0.137.